The van der Waals surface area contributed by atoms with Crippen molar-refractivity contribution in [2.24, 2.45) is 0 Å². The highest BCUT2D eigenvalue weighted by atomic mass is 19.1. The van der Waals surface area contributed by atoms with E-state index in [0.29, 0.717) is 77.0 Å². The van der Waals surface area contributed by atoms with E-state index in [1.54, 1.807) is 60.9 Å². The Morgan fingerprint density at radius 2 is 1.49 bits per heavy atom. The van der Waals surface area contributed by atoms with Gasteiger partial charge in [-0.3, -0.25) is 9.78 Å². The number of halogens is 1. The molecule has 0 saturated carbocycles. The molecule has 0 spiro atoms. The third kappa shape index (κ3) is 6.41. The zero-order valence-corrected chi connectivity index (χ0v) is 23.3. The monoisotopic (exact) mass is 577 g/mol. The van der Waals surface area contributed by atoms with Crippen LogP contribution < -0.4 is 20.9 Å². The number of anilines is 4. The van der Waals surface area contributed by atoms with E-state index in [-0.39, 0.29) is 11.7 Å². The quantitative estimate of drug-likeness (QED) is 0.228. The molecule has 5 aromatic rings. The number of ether oxygens (including phenoxy) is 1. The standard InChI is InChI=1S/C32H28FN7O3/c1-20(41)35-23-8-10-25(11-9-23)37-32(42)36-24-6-4-21(5-7-24)30-38-29-18-26(22-3-2-12-34-19-22)28(33)17-27(29)31(39-30)40-13-15-43-16-14-40/h2-12,17-19H,13-16H2,1H3,(H,35,41)(H2,36,37,42). The van der Waals surface area contributed by atoms with Crippen molar-refractivity contribution in [3.63, 3.8) is 0 Å². The molecule has 43 heavy (non-hydrogen) atoms. The lowest BCUT2D eigenvalue weighted by atomic mass is 10.0. The van der Waals surface area contributed by atoms with Gasteiger partial charge in [0.2, 0.25) is 5.91 Å². The van der Waals surface area contributed by atoms with Gasteiger partial charge in [0.15, 0.2) is 5.82 Å². The number of carbonyl (C=O) groups excluding carboxylic acids is 2. The van der Waals surface area contributed by atoms with Crippen LogP contribution in [0.4, 0.5) is 32.1 Å². The van der Waals surface area contributed by atoms with Gasteiger partial charge in [-0.1, -0.05) is 6.07 Å². The molecule has 3 N–H and O–H groups in total. The molecule has 1 fully saturated rings. The Morgan fingerprint density at radius 3 is 2.12 bits per heavy atom. The Labute approximate surface area is 247 Å². The summed E-state index contributed by atoms with van der Waals surface area (Å²) in [7, 11) is 0. The topological polar surface area (TPSA) is 121 Å². The Bertz CT molecular complexity index is 1780. The number of aromatic nitrogens is 3. The van der Waals surface area contributed by atoms with E-state index in [1.807, 2.05) is 18.2 Å². The Balaban J connectivity index is 1.26. The van der Waals surface area contributed by atoms with Gasteiger partial charge in [0.05, 0.1) is 18.7 Å². The molecule has 216 valence electrons. The number of hydrogen-bond donors (Lipinski definition) is 3. The smallest absolute Gasteiger partial charge is 0.323 e. The normalized spacial score (nSPS) is 13.0. The summed E-state index contributed by atoms with van der Waals surface area (Å²) in [6.07, 6.45) is 3.27. The molecule has 10 nitrogen and oxygen atoms in total. The summed E-state index contributed by atoms with van der Waals surface area (Å²) in [5, 5.41) is 8.88. The maximum Gasteiger partial charge on any atom is 0.323 e. The number of nitrogens with one attached hydrogen (secondary N) is 3. The lowest BCUT2D eigenvalue weighted by Crippen LogP contribution is -2.37. The Kier molecular flexibility index (Phi) is 7.88. The van der Waals surface area contributed by atoms with Gasteiger partial charge < -0.3 is 25.6 Å². The number of urea groups is 1. The third-order valence-corrected chi connectivity index (χ3v) is 6.91. The minimum atomic E-state index is -0.415. The van der Waals surface area contributed by atoms with Crippen LogP contribution >= 0.6 is 0 Å². The summed E-state index contributed by atoms with van der Waals surface area (Å²) in [5.41, 5.74) is 4.21. The first-order chi connectivity index (χ1) is 20.9. The van der Waals surface area contributed by atoms with Crippen molar-refractivity contribution in [1.29, 1.82) is 0 Å². The first-order valence-electron chi connectivity index (χ1n) is 13.7. The molecular formula is C32H28FN7O3. The van der Waals surface area contributed by atoms with Crippen LogP contribution in [0.5, 0.6) is 0 Å². The van der Waals surface area contributed by atoms with Gasteiger partial charge in [-0.15, -0.1) is 0 Å². The fourth-order valence-corrected chi connectivity index (χ4v) is 4.86. The summed E-state index contributed by atoms with van der Waals surface area (Å²) in [5.74, 6) is 0.583. The summed E-state index contributed by atoms with van der Waals surface area (Å²) < 4.78 is 20.9. The van der Waals surface area contributed by atoms with E-state index in [0.717, 1.165) is 5.56 Å². The van der Waals surface area contributed by atoms with Crippen molar-refractivity contribution in [2.45, 2.75) is 6.92 Å². The van der Waals surface area contributed by atoms with E-state index in [9.17, 15) is 9.59 Å². The van der Waals surface area contributed by atoms with Crippen LogP contribution in [-0.2, 0) is 9.53 Å². The predicted molar refractivity (Wildman–Crippen MR) is 165 cm³/mol. The zero-order valence-electron chi connectivity index (χ0n) is 23.3. The van der Waals surface area contributed by atoms with Crippen LogP contribution in [0.2, 0.25) is 0 Å². The molecule has 0 radical (unpaired) electrons. The van der Waals surface area contributed by atoms with Crippen LogP contribution in [0.25, 0.3) is 33.4 Å². The molecule has 0 atom stereocenters. The molecule has 11 heteroatoms. The van der Waals surface area contributed by atoms with Crippen molar-refractivity contribution in [2.75, 3.05) is 47.2 Å². The molecule has 1 saturated heterocycles. The van der Waals surface area contributed by atoms with E-state index < -0.39 is 6.03 Å². The molecule has 6 rings (SSSR count). The molecule has 3 aromatic carbocycles. The fraction of sp³-hybridized carbons (Fsp3) is 0.156. The van der Waals surface area contributed by atoms with Crippen molar-refractivity contribution >= 4 is 45.7 Å². The van der Waals surface area contributed by atoms with Gasteiger partial charge in [0, 0.05) is 71.5 Å². The summed E-state index contributed by atoms with van der Waals surface area (Å²) >= 11 is 0. The van der Waals surface area contributed by atoms with Crippen LogP contribution in [0.1, 0.15) is 6.92 Å². The molecule has 3 heterocycles. The second kappa shape index (κ2) is 12.2. The molecule has 0 bridgehead atoms. The molecule has 2 aromatic heterocycles. The summed E-state index contributed by atoms with van der Waals surface area (Å²) in [6, 6.07) is 20.4. The third-order valence-electron chi connectivity index (χ3n) is 6.91. The number of morpholine rings is 1. The number of hydrogen-bond acceptors (Lipinski definition) is 7. The number of benzene rings is 3. The van der Waals surface area contributed by atoms with Crippen molar-refractivity contribution < 1.29 is 18.7 Å². The average Bonchev–Trinajstić information content (AvgIpc) is 3.02. The minimum Gasteiger partial charge on any atom is -0.378 e. The Hall–Kier alpha value is -5.42. The maximum absolute atomic E-state index is 15.3. The number of nitrogens with zero attached hydrogens (tertiary/aromatic N) is 4. The van der Waals surface area contributed by atoms with Gasteiger partial charge in [0.1, 0.15) is 11.6 Å². The molecule has 0 unspecified atom stereocenters. The molecular weight excluding hydrogens is 549 g/mol. The maximum atomic E-state index is 15.3. The first kappa shape index (κ1) is 27.7. The zero-order chi connectivity index (χ0) is 29.8. The van der Waals surface area contributed by atoms with Crippen LogP contribution in [-0.4, -0.2) is 53.2 Å². The highest BCUT2D eigenvalue weighted by Crippen LogP contribution is 2.33. The number of amides is 3. The van der Waals surface area contributed by atoms with Crippen molar-refractivity contribution in [1.82, 2.24) is 15.0 Å². The van der Waals surface area contributed by atoms with Crippen molar-refractivity contribution in [3.05, 3.63) is 91.0 Å². The second-order valence-electron chi connectivity index (χ2n) is 9.98. The summed E-state index contributed by atoms with van der Waals surface area (Å²) in [6.45, 7) is 3.80. The number of fused-ring (bicyclic) bond motifs is 1. The Morgan fingerprint density at radius 1 is 0.837 bits per heavy atom. The van der Waals surface area contributed by atoms with Gasteiger partial charge in [-0.25, -0.2) is 19.2 Å². The molecule has 0 aliphatic carbocycles. The van der Waals surface area contributed by atoms with Gasteiger partial charge in [-0.05, 0) is 66.7 Å². The molecule has 3 amide bonds. The van der Waals surface area contributed by atoms with Crippen molar-refractivity contribution in [3.8, 4) is 22.5 Å². The largest absolute Gasteiger partial charge is 0.378 e. The number of rotatable bonds is 6. The van der Waals surface area contributed by atoms with Crippen LogP contribution in [0.3, 0.4) is 0 Å². The van der Waals surface area contributed by atoms with Crippen LogP contribution in [0.15, 0.2) is 85.2 Å². The SMILES string of the molecule is CC(=O)Nc1ccc(NC(=O)Nc2ccc(-c3nc(N4CCOCC4)c4cc(F)c(-c5cccnc5)cc4n3)cc2)cc1. The first-order valence-corrected chi connectivity index (χ1v) is 13.7. The van der Waals surface area contributed by atoms with Gasteiger partial charge >= 0.3 is 6.03 Å². The molecule has 1 aliphatic heterocycles. The minimum absolute atomic E-state index is 0.170. The highest BCUT2D eigenvalue weighted by Gasteiger charge is 2.20. The number of carbonyl (C=O) groups is 2. The average molecular weight is 578 g/mol. The van der Waals surface area contributed by atoms with E-state index in [1.165, 1.54) is 13.0 Å². The molecule has 1 aliphatic rings. The van der Waals surface area contributed by atoms with Gasteiger partial charge in [0.25, 0.3) is 0 Å². The number of pyridine rings is 1. The highest BCUT2D eigenvalue weighted by molar-refractivity contribution is 6.00. The predicted octanol–water partition coefficient (Wildman–Crippen LogP) is 5.94. The van der Waals surface area contributed by atoms with Crippen LogP contribution in [0, 0.1) is 5.82 Å². The second-order valence-corrected chi connectivity index (χ2v) is 9.98. The van der Waals surface area contributed by atoms with Gasteiger partial charge in [-0.2, -0.15) is 0 Å². The lowest BCUT2D eigenvalue weighted by molar-refractivity contribution is -0.114. The summed E-state index contributed by atoms with van der Waals surface area (Å²) in [4.78, 5) is 39.7. The van der Waals surface area contributed by atoms with E-state index >= 15 is 4.39 Å². The van der Waals surface area contributed by atoms with E-state index in [2.05, 4.69) is 25.8 Å². The van der Waals surface area contributed by atoms with E-state index in [4.69, 9.17) is 14.7 Å². The fourth-order valence-electron chi connectivity index (χ4n) is 4.86. The lowest BCUT2D eigenvalue weighted by Gasteiger charge is -2.29.